The van der Waals surface area contributed by atoms with Crippen molar-refractivity contribution in [1.82, 2.24) is 9.97 Å². The highest BCUT2D eigenvalue weighted by Gasteiger charge is 2.12. The van der Waals surface area contributed by atoms with Crippen molar-refractivity contribution in [2.24, 2.45) is 0 Å². The van der Waals surface area contributed by atoms with Crippen molar-refractivity contribution in [1.29, 1.82) is 0 Å². The predicted octanol–water partition coefficient (Wildman–Crippen LogP) is 3.80. The van der Waals surface area contributed by atoms with Gasteiger partial charge in [-0.2, -0.15) is 0 Å². The van der Waals surface area contributed by atoms with E-state index in [1.54, 1.807) is 18.4 Å². The van der Waals surface area contributed by atoms with Gasteiger partial charge in [-0.05, 0) is 30.5 Å². The molecule has 102 valence electrons. The molecule has 1 aromatic carbocycles. The van der Waals surface area contributed by atoms with Gasteiger partial charge >= 0.3 is 0 Å². The molecular formula is C15H15N3OS. The van der Waals surface area contributed by atoms with Gasteiger partial charge in [0.15, 0.2) is 5.82 Å². The van der Waals surface area contributed by atoms with E-state index >= 15 is 0 Å². The average molecular weight is 285 g/mol. The Morgan fingerprint density at radius 2 is 2.05 bits per heavy atom. The fourth-order valence-electron chi connectivity index (χ4n) is 2.11. The van der Waals surface area contributed by atoms with Gasteiger partial charge < -0.3 is 10.1 Å². The molecule has 20 heavy (non-hydrogen) atoms. The molecule has 0 aliphatic carbocycles. The van der Waals surface area contributed by atoms with Crippen LogP contribution in [0.15, 0.2) is 35.7 Å². The molecule has 0 fully saturated rings. The first-order valence-corrected chi connectivity index (χ1v) is 7.34. The number of benzene rings is 1. The van der Waals surface area contributed by atoms with Crippen LogP contribution in [0.3, 0.4) is 0 Å². The lowest BCUT2D eigenvalue weighted by molar-refractivity contribution is 0.416. The minimum atomic E-state index is 0.688. The first kappa shape index (κ1) is 12.9. The van der Waals surface area contributed by atoms with Crippen molar-refractivity contribution in [3.05, 3.63) is 35.7 Å². The quantitative estimate of drug-likeness (QED) is 0.792. The highest BCUT2D eigenvalue weighted by Crippen LogP contribution is 2.32. The molecule has 2 aromatic heterocycles. The molecule has 0 aliphatic heterocycles. The van der Waals surface area contributed by atoms with Gasteiger partial charge in [0.2, 0.25) is 0 Å². The summed E-state index contributed by atoms with van der Waals surface area (Å²) in [6, 6.07) is 9.85. The summed E-state index contributed by atoms with van der Waals surface area (Å²) < 4.78 is 5.40. The number of hydrogen-bond acceptors (Lipinski definition) is 5. The van der Waals surface area contributed by atoms with E-state index in [-0.39, 0.29) is 0 Å². The van der Waals surface area contributed by atoms with E-state index in [4.69, 9.17) is 4.74 Å². The number of aromatic nitrogens is 2. The number of nitrogens with zero attached hydrogens (tertiary/aromatic N) is 2. The molecule has 0 aliphatic rings. The van der Waals surface area contributed by atoms with E-state index < -0.39 is 0 Å². The summed E-state index contributed by atoms with van der Waals surface area (Å²) in [5.74, 6) is 2.35. The molecule has 0 saturated carbocycles. The Bertz CT molecular complexity index is 739. The minimum Gasteiger partial charge on any atom is -0.496 e. The molecule has 3 rings (SSSR count). The van der Waals surface area contributed by atoms with Gasteiger partial charge in [0.05, 0.1) is 18.1 Å². The fraction of sp³-hybridized carbons (Fsp3) is 0.200. The first-order chi connectivity index (χ1) is 9.83. The summed E-state index contributed by atoms with van der Waals surface area (Å²) in [5, 5.41) is 6.40. The van der Waals surface area contributed by atoms with Gasteiger partial charge in [-0.1, -0.05) is 12.1 Å². The van der Waals surface area contributed by atoms with E-state index in [0.717, 1.165) is 33.9 Å². The Balaban J connectivity index is 2.20. The molecule has 0 amide bonds. The van der Waals surface area contributed by atoms with Crippen LogP contribution >= 0.6 is 11.3 Å². The minimum absolute atomic E-state index is 0.688. The smallest absolute Gasteiger partial charge is 0.166 e. The van der Waals surface area contributed by atoms with Crippen molar-refractivity contribution in [2.75, 3.05) is 19.0 Å². The molecule has 4 nitrogen and oxygen atoms in total. The van der Waals surface area contributed by atoms with Crippen LogP contribution in [-0.2, 0) is 0 Å². The molecule has 0 unspecified atom stereocenters. The first-order valence-electron chi connectivity index (χ1n) is 6.46. The van der Waals surface area contributed by atoms with E-state index in [1.165, 1.54) is 0 Å². The van der Waals surface area contributed by atoms with Gasteiger partial charge in [0.1, 0.15) is 16.4 Å². The molecular weight excluding hydrogens is 270 g/mol. The van der Waals surface area contributed by atoms with Crippen molar-refractivity contribution < 1.29 is 4.74 Å². The molecule has 0 radical (unpaired) electrons. The number of hydrogen-bond donors (Lipinski definition) is 1. The maximum absolute atomic E-state index is 5.40. The third-order valence-corrected chi connectivity index (χ3v) is 3.82. The third kappa shape index (κ3) is 2.20. The Hall–Kier alpha value is -2.14. The molecule has 0 saturated heterocycles. The zero-order valence-corrected chi connectivity index (χ0v) is 12.2. The Kier molecular flexibility index (Phi) is 3.52. The molecule has 3 aromatic rings. The van der Waals surface area contributed by atoms with Gasteiger partial charge in [-0.3, -0.25) is 0 Å². The molecule has 0 spiro atoms. The fourth-order valence-corrected chi connectivity index (χ4v) is 2.87. The normalized spacial score (nSPS) is 10.7. The van der Waals surface area contributed by atoms with Gasteiger partial charge in [-0.15, -0.1) is 11.3 Å². The summed E-state index contributed by atoms with van der Waals surface area (Å²) in [5.41, 5.74) is 0.907. The van der Waals surface area contributed by atoms with Crippen molar-refractivity contribution in [3.8, 4) is 17.1 Å². The van der Waals surface area contributed by atoms with Crippen LogP contribution in [0.1, 0.15) is 6.92 Å². The number of anilines is 1. The molecule has 2 heterocycles. The number of fused-ring (bicyclic) bond motifs is 1. The summed E-state index contributed by atoms with van der Waals surface area (Å²) in [6.45, 7) is 2.89. The number of rotatable bonds is 4. The zero-order valence-electron chi connectivity index (χ0n) is 11.4. The van der Waals surface area contributed by atoms with Crippen LogP contribution in [0.4, 0.5) is 5.82 Å². The van der Waals surface area contributed by atoms with Crippen LogP contribution in [0.2, 0.25) is 0 Å². The molecule has 0 atom stereocenters. The van der Waals surface area contributed by atoms with E-state index in [9.17, 15) is 0 Å². The summed E-state index contributed by atoms with van der Waals surface area (Å²) >= 11 is 1.62. The predicted molar refractivity (Wildman–Crippen MR) is 83.6 cm³/mol. The summed E-state index contributed by atoms with van der Waals surface area (Å²) in [6.07, 6.45) is 0. The number of thiophene rings is 1. The van der Waals surface area contributed by atoms with E-state index in [2.05, 4.69) is 22.2 Å². The maximum atomic E-state index is 5.40. The lowest BCUT2D eigenvalue weighted by atomic mass is 10.2. The average Bonchev–Trinajstić information content (AvgIpc) is 2.96. The third-order valence-electron chi connectivity index (χ3n) is 3.02. The number of ether oxygens (including phenoxy) is 1. The Labute approximate surface area is 121 Å². The van der Waals surface area contributed by atoms with Crippen LogP contribution in [0, 0.1) is 0 Å². The second kappa shape index (κ2) is 5.46. The van der Waals surface area contributed by atoms with Crippen LogP contribution < -0.4 is 10.1 Å². The van der Waals surface area contributed by atoms with Gasteiger partial charge in [-0.25, -0.2) is 9.97 Å². The number of methoxy groups -OCH3 is 1. The monoisotopic (exact) mass is 285 g/mol. The van der Waals surface area contributed by atoms with Gasteiger partial charge in [0.25, 0.3) is 0 Å². The maximum Gasteiger partial charge on any atom is 0.166 e. The van der Waals surface area contributed by atoms with Gasteiger partial charge in [0, 0.05) is 6.54 Å². The molecule has 1 N–H and O–H groups in total. The Morgan fingerprint density at radius 1 is 1.20 bits per heavy atom. The molecule has 0 bridgehead atoms. The van der Waals surface area contributed by atoms with Crippen LogP contribution in [-0.4, -0.2) is 23.6 Å². The lowest BCUT2D eigenvalue weighted by Gasteiger charge is -2.09. The lowest BCUT2D eigenvalue weighted by Crippen LogP contribution is -2.02. The zero-order chi connectivity index (χ0) is 13.9. The largest absolute Gasteiger partial charge is 0.496 e. The van der Waals surface area contributed by atoms with Crippen LogP contribution in [0.5, 0.6) is 5.75 Å². The second-order valence-electron chi connectivity index (χ2n) is 4.27. The Morgan fingerprint density at radius 3 is 2.85 bits per heavy atom. The topological polar surface area (TPSA) is 47.0 Å². The summed E-state index contributed by atoms with van der Waals surface area (Å²) in [4.78, 5) is 10.3. The molecule has 5 heteroatoms. The van der Waals surface area contributed by atoms with E-state index in [1.807, 2.05) is 35.7 Å². The number of nitrogens with one attached hydrogen (secondary N) is 1. The van der Waals surface area contributed by atoms with Crippen LogP contribution in [0.25, 0.3) is 21.6 Å². The highest BCUT2D eigenvalue weighted by molar-refractivity contribution is 7.16. The van der Waals surface area contributed by atoms with E-state index in [0.29, 0.717) is 5.82 Å². The van der Waals surface area contributed by atoms with Crippen molar-refractivity contribution >= 4 is 27.4 Å². The SMILES string of the molecule is CCNc1nc(-c2ccccc2OC)nc2sccc12. The highest BCUT2D eigenvalue weighted by atomic mass is 32.1. The standard InChI is InChI=1S/C15H15N3OS/c1-3-16-13-11-8-9-20-15(11)18-14(17-13)10-6-4-5-7-12(10)19-2/h4-9H,3H2,1-2H3,(H,16,17,18). The van der Waals surface area contributed by atoms with Crippen molar-refractivity contribution in [3.63, 3.8) is 0 Å². The summed E-state index contributed by atoms with van der Waals surface area (Å²) in [7, 11) is 1.66. The number of para-hydroxylation sites is 1. The van der Waals surface area contributed by atoms with Crippen molar-refractivity contribution in [2.45, 2.75) is 6.92 Å². The second-order valence-corrected chi connectivity index (χ2v) is 5.16.